The third kappa shape index (κ3) is 5.13. The smallest absolute Gasteiger partial charge is 0.283 e. The van der Waals surface area contributed by atoms with Crippen molar-refractivity contribution in [1.82, 2.24) is 0 Å². The topological polar surface area (TPSA) is 62.2 Å². The van der Waals surface area contributed by atoms with Crippen molar-refractivity contribution < 1.29 is 14.3 Å². The first-order valence-electron chi connectivity index (χ1n) is 9.94. The van der Waals surface area contributed by atoms with Crippen molar-refractivity contribution in [3.8, 4) is 5.75 Å². The summed E-state index contributed by atoms with van der Waals surface area (Å²) in [5, 5.41) is 2.73. The number of benzene rings is 2. The number of carbonyl (C=O) groups excluding carboxylic acids is 2. The number of thiophene rings is 1. The van der Waals surface area contributed by atoms with Crippen LogP contribution in [0.15, 0.2) is 76.7 Å². The lowest BCUT2D eigenvalue weighted by atomic mass is 10.2. The molecule has 2 aromatic carbocycles. The zero-order valence-electron chi connectivity index (χ0n) is 17.9. The van der Waals surface area contributed by atoms with E-state index in [1.165, 1.54) is 35.1 Å². The van der Waals surface area contributed by atoms with Crippen LogP contribution in [0.5, 0.6) is 5.75 Å². The van der Waals surface area contributed by atoms with Gasteiger partial charge in [0.1, 0.15) is 11.4 Å². The van der Waals surface area contributed by atoms with E-state index < -0.39 is 0 Å². The molecule has 0 saturated heterocycles. The number of rotatable bonds is 6. The van der Waals surface area contributed by atoms with Crippen LogP contribution in [0.25, 0.3) is 6.08 Å². The molecule has 0 spiro atoms. The summed E-state index contributed by atoms with van der Waals surface area (Å²) in [7, 11) is 3.25. The number of thioether (sulfide) groups is 1. The van der Waals surface area contributed by atoms with Crippen LogP contribution < -0.4 is 14.5 Å². The van der Waals surface area contributed by atoms with Gasteiger partial charge in [-0.1, -0.05) is 47.6 Å². The molecule has 0 unspecified atom stereocenters. The molecule has 0 atom stereocenters. The number of ether oxygens (including phenoxy) is 1. The van der Waals surface area contributed by atoms with Gasteiger partial charge in [-0.25, -0.2) is 4.99 Å². The molecule has 3 aromatic rings. The number of hydrogen-bond donors (Lipinski definition) is 0. The third-order valence-electron chi connectivity index (χ3n) is 4.89. The van der Waals surface area contributed by atoms with Gasteiger partial charge in [0.2, 0.25) is 5.91 Å². The molecule has 0 aliphatic carbocycles. The maximum Gasteiger partial charge on any atom is 0.283 e. The Morgan fingerprint density at radius 2 is 2.00 bits per heavy atom. The van der Waals surface area contributed by atoms with Crippen molar-refractivity contribution in [3.05, 3.63) is 81.6 Å². The molecule has 1 aromatic heterocycles. The monoisotopic (exact) mass is 497 g/mol. The number of amides is 2. The molecule has 0 N–H and O–H groups in total. The summed E-state index contributed by atoms with van der Waals surface area (Å²) in [6, 6.07) is 18.3. The van der Waals surface area contributed by atoms with Gasteiger partial charge in [0.25, 0.3) is 5.91 Å². The lowest BCUT2D eigenvalue weighted by Crippen LogP contribution is -2.33. The van der Waals surface area contributed by atoms with Crippen LogP contribution in [0.3, 0.4) is 0 Å². The van der Waals surface area contributed by atoms with Gasteiger partial charge in [0.15, 0.2) is 5.17 Å². The maximum absolute atomic E-state index is 13.3. The average molecular weight is 498 g/mol. The lowest BCUT2D eigenvalue weighted by Gasteiger charge is -2.20. The zero-order chi connectivity index (χ0) is 23.4. The first kappa shape index (κ1) is 23.1. The molecular weight excluding hydrogens is 478 g/mol. The van der Waals surface area contributed by atoms with Crippen LogP contribution in [0.4, 0.5) is 11.4 Å². The van der Waals surface area contributed by atoms with Crippen LogP contribution in [0.2, 0.25) is 5.02 Å². The van der Waals surface area contributed by atoms with Crippen LogP contribution in [-0.2, 0) is 9.59 Å². The molecule has 0 radical (unpaired) electrons. The van der Waals surface area contributed by atoms with Gasteiger partial charge in [-0.2, -0.15) is 0 Å². The highest BCUT2D eigenvalue weighted by Crippen LogP contribution is 2.34. The Morgan fingerprint density at radius 1 is 1.21 bits per heavy atom. The molecular formula is C24H20ClN3O3S2. The second-order valence-electron chi connectivity index (χ2n) is 6.98. The van der Waals surface area contributed by atoms with Gasteiger partial charge in [-0.3, -0.25) is 14.5 Å². The van der Waals surface area contributed by atoms with Crippen molar-refractivity contribution in [1.29, 1.82) is 0 Å². The van der Waals surface area contributed by atoms with E-state index >= 15 is 0 Å². The van der Waals surface area contributed by atoms with Crippen LogP contribution >= 0.6 is 34.7 Å². The summed E-state index contributed by atoms with van der Waals surface area (Å²) in [6.45, 7) is 0. The zero-order valence-corrected chi connectivity index (χ0v) is 20.3. The minimum absolute atomic E-state index is 0.107. The Bertz CT molecular complexity index is 1230. The van der Waals surface area contributed by atoms with Crippen molar-refractivity contribution in [2.45, 2.75) is 0 Å². The van der Waals surface area contributed by atoms with Gasteiger partial charge in [0.05, 0.1) is 23.6 Å². The number of anilines is 2. The fraction of sp³-hybridized carbons (Fsp3) is 0.125. The predicted molar refractivity (Wildman–Crippen MR) is 138 cm³/mol. The number of para-hydroxylation sites is 1. The summed E-state index contributed by atoms with van der Waals surface area (Å²) in [6.07, 6.45) is 1.75. The minimum Gasteiger partial charge on any atom is -0.495 e. The molecule has 9 heteroatoms. The molecule has 33 heavy (non-hydrogen) atoms. The van der Waals surface area contributed by atoms with Gasteiger partial charge in [-0.05, 0) is 47.9 Å². The molecule has 6 nitrogen and oxygen atoms in total. The Morgan fingerprint density at radius 3 is 2.67 bits per heavy atom. The molecule has 0 bridgehead atoms. The average Bonchev–Trinajstić information content (AvgIpc) is 3.45. The van der Waals surface area contributed by atoms with E-state index in [1.807, 2.05) is 47.8 Å². The highest BCUT2D eigenvalue weighted by Gasteiger charge is 2.33. The lowest BCUT2D eigenvalue weighted by molar-refractivity contribution is -0.116. The van der Waals surface area contributed by atoms with Gasteiger partial charge >= 0.3 is 0 Å². The standard InChI is InChI=1S/C24H20ClN3O3S2/c1-27(16-7-4-3-5-8-16)22(29)15-33-24-26-20(14-18-9-6-12-32-18)23(30)28(24)17-10-11-21(31-2)19(25)13-17/h3-14H,15H2,1-2H3/b20-14+. The fourth-order valence-electron chi connectivity index (χ4n) is 3.14. The largest absolute Gasteiger partial charge is 0.495 e. The Kier molecular flexibility index (Phi) is 7.17. The quantitative estimate of drug-likeness (QED) is 0.419. The Balaban J connectivity index is 1.60. The predicted octanol–water partition coefficient (Wildman–Crippen LogP) is 5.55. The van der Waals surface area contributed by atoms with E-state index in [-0.39, 0.29) is 17.6 Å². The van der Waals surface area contributed by atoms with E-state index in [0.29, 0.717) is 27.3 Å². The second kappa shape index (κ2) is 10.2. The number of nitrogens with zero attached hydrogens (tertiary/aromatic N) is 3. The highest BCUT2D eigenvalue weighted by atomic mass is 35.5. The normalized spacial score (nSPS) is 14.5. The Hall–Kier alpha value is -3.07. The van der Waals surface area contributed by atoms with Gasteiger partial charge < -0.3 is 9.64 Å². The van der Waals surface area contributed by atoms with Crippen molar-refractivity contribution >= 4 is 69.1 Å². The van der Waals surface area contributed by atoms with E-state index in [2.05, 4.69) is 4.99 Å². The molecule has 1 aliphatic rings. The number of amidine groups is 1. The summed E-state index contributed by atoms with van der Waals surface area (Å²) in [4.78, 5) is 34.6. The summed E-state index contributed by atoms with van der Waals surface area (Å²) in [5.74, 6) is 0.234. The number of halogens is 1. The molecule has 1 aliphatic heterocycles. The first-order valence-corrected chi connectivity index (χ1v) is 12.2. The van der Waals surface area contributed by atoms with Crippen LogP contribution in [0, 0.1) is 0 Å². The summed E-state index contributed by atoms with van der Waals surface area (Å²) in [5.41, 5.74) is 1.65. The first-order chi connectivity index (χ1) is 16.0. The molecule has 0 fully saturated rings. The summed E-state index contributed by atoms with van der Waals surface area (Å²) >= 11 is 9.03. The molecule has 168 valence electrons. The van der Waals surface area contributed by atoms with E-state index in [9.17, 15) is 9.59 Å². The Labute approximate surface area is 205 Å². The second-order valence-corrected chi connectivity index (χ2v) is 9.30. The fourth-order valence-corrected chi connectivity index (χ4v) is 4.97. The van der Waals surface area contributed by atoms with Gasteiger partial charge in [-0.15, -0.1) is 11.3 Å². The maximum atomic E-state index is 13.3. The van der Waals surface area contributed by atoms with E-state index in [0.717, 1.165) is 10.6 Å². The van der Waals surface area contributed by atoms with Crippen molar-refractivity contribution in [2.24, 2.45) is 4.99 Å². The SMILES string of the molecule is COc1ccc(N2C(=O)/C(=C\c3cccs3)N=C2SCC(=O)N(C)c2ccccc2)cc1Cl. The van der Waals surface area contributed by atoms with Gasteiger partial charge in [0, 0.05) is 17.6 Å². The number of methoxy groups -OCH3 is 1. The van der Waals surface area contributed by atoms with Crippen molar-refractivity contribution in [2.75, 3.05) is 29.7 Å². The summed E-state index contributed by atoms with van der Waals surface area (Å²) < 4.78 is 5.22. The molecule has 4 rings (SSSR count). The van der Waals surface area contributed by atoms with E-state index in [4.69, 9.17) is 16.3 Å². The van der Waals surface area contributed by atoms with Crippen LogP contribution in [0.1, 0.15) is 4.88 Å². The minimum atomic E-state index is -0.281. The molecule has 2 heterocycles. The number of aliphatic imine (C=N–C) groups is 1. The number of hydrogen-bond acceptors (Lipinski definition) is 6. The van der Waals surface area contributed by atoms with Crippen LogP contribution in [-0.4, -0.2) is 36.9 Å². The number of carbonyl (C=O) groups is 2. The van der Waals surface area contributed by atoms with Crippen molar-refractivity contribution in [3.63, 3.8) is 0 Å². The third-order valence-corrected chi connectivity index (χ3v) is 6.93. The molecule has 0 saturated carbocycles. The van der Waals surface area contributed by atoms with E-state index in [1.54, 1.807) is 36.2 Å². The highest BCUT2D eigenvalue weighted by molar-refractivity contribution is 8.14. The molecule has 2 amide bonds.